The van der Waals surface area contributed by atoms with Crippen LogP contribution in [0.25, 0.3) is 22.8 Å². The molecule has 6 nitrogen and oxygen atoms in total. The molecule has 0 aliphatic rings. The molecule has 5 aromatic rings. The maximum absolute atomic E-state index is 12.6. The van der Waals surface area contributed by atoms with E-state index in [0.29, 0.717) is 11.4 Å². The highest BCUT2D eigenvalue weighted by atomic mass is 16.1. The summed E-state index contributed by atoms with van der Waals surface area (Å²) < 4.78 is 5.55. The third-order valence-electron chi connectivity index (χ3n) is 5.04. The Labute approximate surface area is 179 Å². The van der Waals surface area contributed by atoms with Gasteiger partial charge in [0, 0.05) is 30.0 Å². The van der Waals surface area contributed by atoms with Crippen LogP contribution in [-0.2, 0) is 6.54 Å². The molecule has 2 aromatic carbocycles. The smallest absolute Gasteiger partial charge is 0.209 e. The molecule has 0 saturated carbocycles. The van der Waals surface area contributed by atoms with E-state index < -0.39 is 0 Å². The topological polar surface area (TPSA) is 56.6 Å². The molecule has 5 rings (SSSR count). The summed E-state index contributed by atoms with van der Waals surface area (Å²) in [5.41, 5.74) is 3.84. The summed E-state index contributed by atoms with van der Waals surface area (Å²) in [6.07, 6.45) is 7.38. The van der Waals surface area contributed by atoms with Crippen molar-refractivity contribution in [1.29, 1.82) is 0 Å². The van der Waals surface area contributed by atoms with Crippen molar-refractivity contribution in [2.45, 2.75) is 6.54 Å². The summed E-state index contributed by atoms with van der Waals surface area (Å²) in [6, 6.07) is 27.3. The van der Waals surface area contributed by atoms with Crippen molar-refractivity contribution in [3.63, 3.8) is 0 Å². The SMILES string of the molecule is O=c1ccn(-c2cc[n+](Cc3ccccc3)cc2)nc1-c1ccnn1-c1ccccc1. The van der Waals surface area contributed by atoms with Crippen LogP contribution < -0.4 is 10.00 Å². The Morgan fingerprint density at radius 1 is 0.774 bits per heavy atom. The number of nitrogens with zero attached hydrogens (tertiary/aromatic N) is 5. The molecule has 3 aromatic heterocycles. The summed E-state index contributed by atoms with van der Waals surface area (Å²) in [5, 5.41) is 9.00. The van der Waals surface area contributed by atoms with Crippen molar-refractivity contribution in [3.8, 4) is 22.8 Å². The number of pyridine rings is 1. The third-order valence-corrected chi connectivity index (χ3v) is 5.04. The Hall–Kier alpha value is -4.32. The maximum atomic E-state index is 12.6. The lowest BCUT2D eigenvalue weighted by Gasteiger charge is -2.09. The zero-order valence-electron chi connectivity index (χ0n) is 16.7. The van der Waals surface area contributed by atoms with Crippen molar-refractivity contribution >= 4 is 0 Å². The molecule has 0 unspecified atom stereocenters. The number of hydrogen-bond acceptors (Lipinski definition) is 3. The second kappa shape index (κ2) is 8.20. The van der Waals surface area contributed by atoms with E-state index >= 15 is 0 Å². The van der Waals surface area contributed by atoms with Gasteiger partial charge in [0.05, 0.1) is 23.3 Å². The van der Waals surface area contributed by atoms with Crippen LogP contribution in [0.3, 0.4) is 0 Å². The molecule has 6 heteroatoms. The molecular formula is C25H20N5O+. The summed E-state index contributed by atoms with van der Waals surface area (Å²) in [7, 11) is 0. The second-order valence-electron chi connectivity index (χ2n) is 7.15. The van der Waals surface area contributed by atoms with Crippen LogP contribution in [-0.4, -0.2) is 19.6 Å². The van der Waals surface area contributed by atoms with Crippen LogP contribution in [0.4, 0.5) is 0 Å². The highest BCUT2D eigenvalue weighted by Crippen LogP contribution is 2.18. The van der Waals surface area contributed by atoms with Gasteiger partial charge in [-0.3, -0.25) is 4.79 Å². The summed E-state index contributed by atoms with van der Waals surface area (Å²) in [6.45, 7) is 0.792. The number of rotatable bonds is 5. The van der Waals surface area contributed by atoms with Gasteiger partial charge < -0.3 is 0 Å². The molecule has 0 spiro atoms. The Morgan fingerprint density at radius 2 is 1.48 bits per heavy atom. The minimum Gasteiger partial charge on any atom is -0.287 e. The van der Waals surface area contributed by atoms with Crippen LogP contribution in [0, 0.1) is 0 Å². The molecule has 0 amide bonds. The molecule has 0 saturated heterocycles. The van der Waals surface area contributed by atoms with E-state index in [-0.39, 0.29) is 5.43 Å². The van der Waals surface area contributed by atoms with E-state index in [1.165, 1.54) is 11.6 Å². The van der Waals surface area contributed by atoms with Crippen molar-refractivity contribution in [2.75, 3.05) is 0 Å². The normalized spacial score (nSPS) is 10.8. The fourth-order valence-electron chi connectivity index (χ4n) is 3.49. The molecule has 0 radical (unpaired) electrons. The fourth-order valence-corrected chi connectivity index (χ4v) is 3.49. The molecule has 0 fully saturated rings. The summed E-state index contributed by atoms with van der Waals surface area (Å²) >= 11 is 0. The highest BCUT2D eigenvalue weighted by Gasteiger charge is 2.14. The van der Waals surface area contributed by atoms with Gasteiger partial charge in [0.1, 0.15) is 0 Å². The molecule has 0 aliphatic heterocycles. The summed E-state index contributed by atoms with van der Waals surface area (Å²) in [4.78, 5) is 12.6. The fraction of sp³-hybridized carbons (Fsp3) is 0.0400. The van der Waals surface area contributed by atoms with Crippen molar-refractivity contribution in [1.82, 2.24) is 19.6 Å². The van der Waals surface area contributed by atoms with Crippen LogP contribution in [0.2, 0.25) is 0 Å². The van der Waals surface area contributed by atoms with Gasteiger partial charge in [-0.2, -0.15) is 10.2 Å². The lowest BCUT2D eigenvalue weighted by molar-refractivity contribution is -0.688. The van der Waals surface area contributed by atoms with E-state index in [1.54, 1.807) is 27.8 Å². The lowest BCUT2D eigenvalue weighted by atomic mass is 10.2. The van der Waals surface area contributed by atoms with Crippen LogP contribution in [0.5, 0.6) is 0 Å². The largest absolute Gasteiger partial charge is 0.287 e. The average molecular weight is 406 g/mol. The Bertz CT molecular complexity index is 1360. The average Bonchev–Trinajstić information content (AvgIpc) is 3.31. The van der Waals surface area contributed by atoms with Gasteiger partial charge in [-0.05, 0) is 18.2 Å². The number of hydrogen-bond donors (Lipinski definition) is 0. The van der Waals surface area contributed by atoms with E-state index in [2.05, 4.69) is 26.9 Å². The lowest BCUT2D eigenvalue weighted by Crippen LogP contribution is -2.33. The highest BCUT2D eigenvalue weighted by molar-refractivity contribution is 5.57. The molecule has 0 atom stereocenters. The monoisotopic (exact) mass is 406 g/mol. The van der Waals surface area contributed by atoms with Gasteiger partial charge in [0.25, 0.3) is 0 Å². The van der Waals surface area contributed by atoms with E-state index in [0.717, 1.165) is 17.9 Å². The third kappa shape index (κ3) is 3.91. The van der Waals surface area contributed by atoms with Crippen molar-refractivity contribution in [2.24, 2.45) is 0 Å². The Kier molecular flexibility index (Phi) is 4.94. The molecule has 3 heterocycles. The van der Waals surface area contributed by atoms with E-state index in [9.17, 15) is 4.79 Å². The van der Waals surface area contributed by atoms with Crippen LogP contribution in [0.15, 0.2) is 115 Å². The molecule has 0 aliphatic carbocycles. The zero-order valence-corrected chi connectivity index (χ0v) is 16.7. The first kappa shape index (κ1) is 18.7. The second-order valence-corrected chi connectivity index (χ2v) is 7.15. The van der Waals surface area contributed by atoms with Gasteiger partial charge in [-0.25, -0.2) is 13.9 Å². The molecule has 150 valence electrons. The molecule has 0 bridgehead atoms. The molecular weight excluding hydrogens is 386 g/mol. The van der Waals surface area contributed by atoms with Crippen molar-refractivity contribution in [3.05, 3.63) is 126 Å². The molecule has 31 heavy (non-hydrogen) atoms. The van der Waals surface area contributed by atoms with Crippen LogP contribution in [0.1, 0.15) is 5.56 Å². The number of para-hydroxylation sites is 1. The number of aromatic nitrogens is 5. The first-order valence-electron chi connectivity index (χ1n) is 10.0. The van der Waals surface area contributed by atoms with Gasteiger partial charge in [0.2, 0.25) is 5.43 Å². The minimum atomic E-state index is -0.149. The standard InChI is InChI=1S/C25H20N5O/c31-24-14-18-29(21-12-16-28(17-13-21)19-20-7-3-1-4-8-20)27-25(24)23-11-15-26-30(23)22-9-5-2-6-10-22/h1-18H,19H2/q+1. The van der Waals surface area contributed by atoms with Crippen molar-refractivity contribution < 1.29 is 4.57 Å². The van der Waals surface area contributed by atoms with E-state index in [4.69, 9.17) is 0 Å². The molecule has 0 N–H and O–H groups in total. The van der Waals surface area contributed by atoms with Gasteiger partial charge in [-0.1, -0.05) is 48.5 Å². The zero-order chi connectivity index (χ0) is 21.0. The predicted molar refractivity (Wildman–Crippen MR) is 118 cm³/mol. The van der Waals surface area contributed by atoms with Gasteiger partial charge >= 0.3 is 0 Å². The first-order chi connectivity index (χ1) is 15.3. The van der Waals surface area contributed by atoms with Crippen LogP contribution >= 0.6 is 0 Å². The van der Waals surface area contributed by atoms with Gasteiger partial charge in [0.15, 0.2) is 24.6 Å². The first-order valence-corrected chi connectivity index (χ1v) is 10.0. The minimum absolute atomic E-state index is 0.149. The number of benzene rings is 2. The maximum Gasteiger partial charge on any atom is 0.209 e. The Morgan fingerprint density at radius 3 is 2.23 bits per heavy atom. The Balaban J connectivity index is 1.48. The van der Waals surface area contributed by atoms with E-state index in [1.807, 2.05) is 73.1 Å². The predicted octanol–water partition coefficient (Wildman–Crippen LogP) is 3.42. The summed E-state index contributed by atoms with van der Waals surface area (Å²) in [5.74, 6) is 0. The quantitative estimate of drug-likeness (QED) is 0.420. The van der Waals surface area contributed by atoms with Gasteiger partial charge in [-0.15, -0.1) is 0 Å².